The Morgan fingerprint density at radius 3 is 2.68 bits per heavy atom. The molecule has 25 heavy (non-hydrogen) atoms. The van der Waals surface area contributed by atoms with Crippen molar-refractivity contribution in [3.8, 4) is 0 Å². The average Bonchev–Trinajstić information content (AvgIpc) is 3.02. The Labute approximate surface area is 154 Å². The summed E-state index contributed by atoms with van der Waals surface area (Å²) in [5, 5.41) is 0. The number of ether oxygens (including phenoxy) is 1. The quantitative estimate of drug-likeness (QED) is 0.456. The van der Waals surface area contributed by atoms with Gasteiger partial charge in [-0.25, -0.2) is 0 Å². The SMILES string of the molecule is COC(=O)CCCN1C(=O)/C(=C2/C(=O)N(C)c3ccccc32)SC1=S. The molecule has 2 aliphatic rings. The van der Waals surface area contributed by atoms with Gasteiger partial charge in [0.25, 0.3) is 11.8 Å². The summed E-state index contributed by atoms with van der Waals surface area (Å²) >= 11 is 6.43. The van der Waals surface area contributed by atoms with Gasteiger partial charge in [-0.1, -0.05) is 42.2 Å². The first-order valence-electron chi connectivity index (χ1n) is 7.68. The van der Waals surface area contributed by atoms with Crippen molar-refractivity contribution in [1.82, 2.24) is 4.90 Å². The number of para-hydroxylation sites is 1. The van der Waals surface area contributed by atoms with Crippen molar-refractivity contribution >= 4 is 57.3 Å². The Morgan fingerprint density at radius 1 is 1.24 bits per heavy atom. The van der Waals surface area contributed by atoms with Crippen molar-refractivity contribution in [3.63, 3.8) is 0 Å². The fourth-order valence-electron chi connectivity index (χ4n) is 2.82. The Balaban J connectivity index is 1.88. The van der Waals surface area contributed by atoms with Gasteiger partial charge in [0.1, 0.15) is 4.32 Å². The highest BCUT2D eigenvalue weighted by Crippen LogP contribution is 2.43. The van der Waals surface area contributed by atoms with Gasteiger partial charge in [0.05, 0.1) is 23.3 Å². The second-order valence-corrected chi connectivity index (χ2v) is 7.23. The number of thioether (sulfide) groups is 1. The number of methoxy groups -OCH3 is 1. The van der Waals surface area contributed by atoms with Crippen LogP contribution in [0.4, 0.5) is 5.69 Å². The number of carbonyl (C=O) groups is 3. The van der Waals surface area contributed by atoms with Gasteiger partial charge in [-0.05, 0) is 12.5 Å². The van der Waals surface area contributed by atoms with Gasteiger partial charge in [-0.3, -0.25) is 19.3 Å². The normalized spacial score (nSPS) is 19.7. The molecule has 0 saturated carbocycles. The van der Waals surface area contributed by atoms with E-state index in [0.29, 0.717) is 27.8 Å². The molecule has 0 atom stereocenters. The number of rotatable bonds is 4. The van der Waals surface area contributed by atoms with Crippen LogP contribution in [-0.4, -0.2) is 47.7 Å². The van der Waals surface area contributed by atoms with Crippen molar-refractivity contribution in [2.45, 2.75) is 12.8 Å². The van der Waals surface area contributed by atoms with Crippen LogP contribution in [0.5, 0.6) is 0 Å². The second-order valence-electron chi connectivity index (χ2n) is 5.59. The highest BCUT2D eigenvalue weighted by atomic mass is 32.2. The Kier molecular flexibility index (Phi) is 4.91. The van der Waals surface area contributed by atoms with Crippen LogP contribution in [0.2, 0.25) is 0 Å². The summed E-state index contributed by atoms with van der Waals surface area (Å²) in [6.07, 6.45) is 0.663. The van der Waals surface area contributed by atoms with Crippen LogP contribution in [0.25, 0.3) is 5.57 Å². The summed E-state index contributed by atoms with van der Waals surface area (Å²) in [6.45, 7) is 0.322. The number of amides is 2. The summed E-state index contributed by atoms with van der Waals surface area (Å²) < 4.78 is 5.00. The van der Waals surface area contributed by atoms with Gasteiger partial charge in [-0.15, -0.1) is 0 Å². The first kappa shape index (κ1) is 17.6. The second kappa shape index (κ2) is 6.97. The molecule has 0 radical (unpaired) electrons. The summed E-state index contributed by atoms with van der Waals surface area (Å²) in [4.78, 5) is 40.0. The molecule has 0 unspecified atom stereocenters. The molecule has 130 valence electrons. The molecule has 1 aromatic rings. The Morgan fingerprint density at radius 2 is 1.96 bits per heavy atom. The van der Waals surface area contributed by atoms with Gasteiger partial charge in [-0.2, -0.15) is 0 Å². The van der Waals surface area contributed by atoms with Crippen molar-refractivity contribution in [2.75, 3.05) is 25.6 Å². The molecule has 2 aliphatic heterocycles. The predicted octanol–water partition coefficient (Wildman–Crippen LogP) is 2.19. The lowest BCUT2D eigenvalue weighted by atomic mass is 10.1. The number of esters is 1. The first-order chi connectivity index (χ1) is 12.0. The summed E-state index contributed by atoms with van der Waals surface area (Å²) in [7, 11) is 3.01. The third-order valence-corrected chi connectivity index (χ3v) is 5.57. The van der Waals surface area contributed by atoms with E-state index in [-0.39, 0.29) is 24.2 Å². The number of anilines is 1. The number of thiocarbonyl (C=S) groups is 1. The van der Waals surface area contributed by atoms with Crippen molar-refractivity contribution in [1.29, 1.82) is 0 Å². The van der Waals surface area contributed by atoms with E-state index in [1.165, 1.54) is 16.9 Å². The molecule has 0 aliphatic carbocycles. The van der Waals surface area contributed by atoms with Gasteiger partial charge < -0.3 is 9.64 Å². The zero-order valence-corrected chi connectivity index (χ0v) is 15.4. The summed E-state index contributed by atoms with van der Waals surface area (Å²) in [6, 6.07) is 7.36. The molecule has 8 heteroatoms. The average molecular weight is 376 g/mol. The topological polar surface area (TPSA) is 66.9 Å². The van der Waals surface area contributed by atoms with Crippen LogP contribution in [0.1, 0.15) is 18.4 Å². The van der Waals surface area contributed by atoms with Gasteiger partial charge in [0, 0.05) is 25.6 Å². The molecule has 3 rings (SSSR count). The number of hydrogen-bond acceptors (Lipinski definition) is 6. The molecule has 0 bridgehead atoms. The minimum absolute atomic E-state index is 0.212. The third-order valence-electron chi connectivity index (χ3n) is 4.12. The van der Waals surface area contributed by atoms with E-state index >= 15 is 0 Å². The van der Waals surface area contributed by atoms with E-state index in [1.54, 1.807) is 7.05 Å². The predicted molar refractivity (Wildman–Crippen MR) is 99.9 cm³/mol. The van der Waals surface area contributed by atoms with Crippen LogP contribution in [0, 0.1) is 0 Å². The Bertz CT molecular complexity index is 819. The molecule has 2 amide bonds. The summed E-state index contributed by atoms with van der Waals surface area (Å²) in [5.41, 5.74) is 1.91. The fraction of sp³-hybridized carbons (Fsp3) is 0.294. The molecule has 1 aromatic carbocycles. The molecule has 0 N–H and O–H groups in total. The summed E-state index contributed by atoms with van der Waals surface area (Å²) in [5.74, 6) is -0.824. The fourth-order valence-corrected chi connectivity index (χ4v) is 4.20. The lowest BCUT2D eigenvalue weighted by molar-refractivity contribution is -0.141. The largest absolute Gasteiger partial charge is 0.469 e. The van der Waals surface area contributed by atoms with Crippen molar-refractivity contribution < 1.29 is 19.1 Å². The molecule has 1 saturated heterocycles. The van der Waals surface area contributed by atoms with E-state index in [9.17, 15) is 14.4 Å². The zero-order chi connectivity index (χ0) is 18.1. The molecule has 1 fully saturated rings. The number of likely N-dealkylation sites (N-methyl/N-ethyl adjacent to an activating group) is 1. The standard InChI is InChI=1S/C17H16N2O4S2/c1-18-11-7-4-3-6-10(11)13(15(18)21)14-16(22)19(17(24)25-14)9-5-8-12(20)23-2/h3-4,6-7H,5,8-9H2,1-2H3/b14-13-. The number of hydrogen-bond donors (Lipinski definition) is 0. The smallest absolute Gasteiger partial charge is 0.305 e. The van der Waals surface area contributed by atoms with Crippen LogP contribution < -0.4 is 4.90 Å². The van der Waals surface area contributed by atoms with E-state index < -0.39 is 0 Å². The number of fused-ring (bicyclic) bond motifs is 1. The number of carbonyl (C=O) groups excluding carboxylic acids is 3. The van der Waals surface area contributed by atoms with Crippen LogP contribution in [0.15, 0.2) is 29.2 Å². The zero-order valence-electron chi connectivity index (χ0n) is 13.8. The number of nitrogens with zero attached hydrogens (tertiary/aromatic N) is 2. The van der Waals surface area contributed by atoms with Crippen LogP contribution in [-0.2, 0) is 19.1 Å². The van der Waals surface area contributed by atoms with Gasteiger partial charge in [0.2, 0.25) is 0 Å². The lowest BCUT2D eigenvalue weighted by Crippen LogP contribution is -2.30. The van der Waals surface area contributed by atoms with E-state index in [1.807, 2.05) is 24.3 Å². The molecular weight excluding hydrogens is 360 g/mol. The third kappa shape index (κ3) is 3.07. The molecule has 2 heterocycles. The molecule has 6 nitrogen and oxygen atoms in total. The monoisotopic (exact) mass is 376 g/mol. The highest BCUT2D eigenvalue weighted by molar-refractivity contribution is 8.26. The molecular formula is C17H16N2O4S2. The van der Waals surface area contributed by atoms with E-state index in [2.05, 4.69) is 4.74 Å². The van der Waals surface area contributed by atoms with Gasteiger partial charge in [0.15, 0.2) is 0 Å². The lowest BCUT2D eigenvalue weighted by Gasteiger charge is -2.13. The van der Waals surface area contributed by atoms with Gasteiger partial charge >= 0.3 is 5.97 Å². The maximum Gasteiger partial charge on any atom is 0.305 e. The minimum atomic E-state index is -0.328. The minimum Gasteiger partial charge on any atom is -0.469 e. The van der Waals surface area contributed by atoms with Crippen LogP contribution in [0.3, 0.4) is 0 Å². The maximum absolute atomic E-state index is 12.8. The molecule has 0 aromatic heterocycles. The van der Waals surface area contributed by atoms with Crippen molar-refractivity contribution in [3.05, 3.63) is 34.7 Å². The maximum atomic E-state index is 12.8. The molecule has 0 spiro atoms. The van der Waals surface area contributed by atoms with Crippen molar-refractivity contribution in [2.24, 2.45) is 0 Å². The highest BCUT2D eigenvalue weighted by Gasteiger charge is 2.40. The van der Waals surface area contributed by atoms with E-state index in [4.69, 9.17) is 12.2 Å². The first-order valence-corrected chi connectivity index (χ1v) is 8.90. The number of benzene rings is 1. The van der Waals surface area contributed by atoms with E-state index in [0.717, 1.165) is 23.0 Å². The Hall–Kier alpha value is -2.19. The van der Waals surface area contributed by atoms with Crippen LogP contribution >= 0.6 is 24.0 Å².